The Hall–Kier alpha value is -3.27. The maximum atomic E-state index is 14.2. The number of sulfonamides is 1. The molecule has 0 unspecified atom stereocenters. The van der Waals surface area contributed by atoms with Crippen LogP contribution in [0.5, 0.6) is 5.75 Å². The molecule has 3 aromatic rings. The van der Waals surface area contributed by atoms with Crippen molar-refractivity contribution in [2.24, 2.45) is 0 Å². The molecule has 11 heteroatoms. The summed E-state index contributed by atoms with van der Waals surface area (Å²) in [4.78, 5) is 29.2. The minimum absolute atomic E-state index is 0.120. The summed E-state index contributed by atoms with van der Waals surface area (Å²) in [6.45, 7) is 5.03. The van der Waals surface area contributed by atoms with Crippen molar-refractivity contribution in [1.29, 1.82) is 0 Å². The van der Waals surface area contributed by atoms with Gasteiger partial charge in [-0.1, -0.05) is 71.7 Å². The molecule has 0 spiro atoms. The second-order valence-corrected chi connectivity index (χ2v) is 12.5. The van der Waals surface area contributed by atoms with Crippen LogP contribution in [0, 0.1) is 0 Å². The van der Waals surface area contributed by atoms with Crippen LogP contribution in [0.25, 0.3) is 0 Å². The Kier molecular flexibility index (Phi) is 11.5. The molecule has 0 aliphatic rings. The van der Waals surface area contributed by atoms with E-state index in [1.165, 1.54) is 4.90 Å². The molecule has 1 N–H and O–H groups in total. The van der Waals surface area contributed by atoms with Gasteiger partial charge in [-0.2, -0.15) is 0 Å². The maximum absolute atomic E-state index is 14.2. The number of carbonyl (C=O) groups is 2. The monoisotopic (exact) mass is 619 g/mol. The number of para-hydroxylation sites is 2. The number of carbonyl (C=O) groups excluding carboxylic acids is 2. The number of nitrogens with zero attached hydrogens (tertiary/aromatic N) is 2. The highest BCUT2D eigenvalue weighted by molar-refractivity contribution is 7.92. The number of anilines is 1. The summed E-state index contributed by atoms with van der Waals surface area (Å²) in [5.41, 5.74) is 1.48. The highest BCUT2D eigenvalue weighted by atomic mass is 35.5. The number of benzene rings is 3. The zero-order valence-electron chi connectivity index (χ0n) is 23.5. The zero-order chi connectivity index (χ0) is 30.2. The third-order valence-electron chi connectivity index (χ3n) is 6.21. The first kappa shape index (κ1) is 32.2. The average molecular weight is 621 g/mol. The molecule has 220 valence electrons. The van der Waals surface area contributed by atoms with E-state index in [1.54, 1.807) is 49.4 Å². The highest BCUT2D eigenvalue weighted by Crippen LogP contribution is 2.31. The van der Waals surface area contributed by atoms with Crippen LogP contribution in [-0.2, 0) is 32.6 Å². The van der Waals surface area contributed by atoms with Crippen LogP contribution >= 0.6 is 23.2 Å². The molecule has 0 saturated heterocycles. The Bertz CT molecular complexity index is 1430. The Morgan fingerprint density at radius 1 is 0.927 bits per heavy atom. The summed E-state index contributed by atoms with van der Waals surface area (Å²) in [5, 5.41) is 3.54. The quantitative estimate of drug-likeness (QED) is 0.279. The lowest BCUT2D eigenvalue weighted by Gasteiger charge is -2.34. The number of nitrogens with one attached hydrogen (secondary N) is 1. The van der Waals surface area contributed by atoms with Crippen molar-refractivity contribution in [2.45, 2.75) is 45.8 Å². The summed E-state index contributed by atoms with van der Waals surface area (Å²) in [7, 11) is -3.95. The number of hydrogen-bond donors (Lipinski definition) is 1. The van der Waals surface area contributed by atoms with Gasteiger partial charge in [0.1, 0.15) is 18.3 Å². The molecule has 0 aliphatic carbocycles. The standard InChI is InChI=1S/C30H35Cl2N3O5S/c1-5-40-28-17-10-9-16-26(28)35(41(4,38)39)20-29(36)34(19-23-24(31)14-11-15-25(23)32)27(30(37)33-21(2)3)18-22-12-7-6-8-13-22/h6-17,21,27H,5,18-20H2,1-4H3,(H,33,37)/t27-/m0/s1. The van der Waals surface area contributed by atoms with Crippen molar-refractivity contribution in [1.82, 2.24) is 10.2 Å². The van der Waals surface area contributed by atoms with Crippen LogP contribution in [-0.4, -0.2) is 56.6 Å². The van der Waals surface area contributed by atoms with Gasteiger partial charge in [0.25, 0.3) is 0 Å². The average Bonchev–Trinajstić information content (AvgIpc) is 2.91. The van der Waals surface area contributed by atoms with E-state index in [-0.39, 0.29) is 30.6 Å². The summed E-state index contributed by atoms with van der Waals surface area (Å²) < 4.78 is 32.7. The number of rotatable bonds is 13. The second-order valence-electron chi connectivity index (χ2n) is 9.76. The van der Waals surface area contributed by atoms with Gasteiger partial charge in [0.2, 0.25) is 21.8 Å². The third-order valence-corrected chi connectivity index (χ3v) is 8.04. The van der Waals surface area contributed by atoms with E-state index in [4.69, 9.17) is 27.9 Å². The lowest BCUT2D eigenvalue weighted by atomic mass is 10.0. The maximum Gasteiger partial charge on any atom is 0.244 e. The molecule has 1 atom stereocenters. The smallest absolute Gasteiger partial charge is 0.244 e. The van der Waals surface area contributed by atoms with E-state index >= 15 is 0 Å². The largest absolute Gasteiger partial charge is 0.492 e. The molecule has 0 aliphatic heterocycles. The molecule has 0 aromatic heterocycles. The topological polar surface area (TPSA) is 96.0 Å². The van der Waals surface area contributed by atoms with Gasteiger partial charge in [-0.15, -0.1) is 0 Å². The van der Waals surface area contributed by atoms with Crippen LogP contribution < -0.4 is 14.4 Å². The lowest BCUT2D eigenvalue weighted by Crippen LogP contribution is -2.54. The van der Waals surface area contributed by atoms with Crippen molar-refractivity contribution < 1.29 is 22.7 Å². The number of ether oxygens (including phenoxy) is 1. The van der Waals surface area contributed by atoms with Crippen molar-refractivity contribution in [2.75, 3.05) is 23.7 Å². The number of halogens is 2. The first-order valence-corrected chi connectivity index (χ1v) is 15.8. The lowest BCUT2D eigenvalue weighted by molar-refractivity contribution is -0.140. The summed E-state index contributed by atoms with van der Waals surface area (Å²) in [6.07, 6.45) is 1.20. The van der Waals surface area contributed by atoms with E-state index in [2.05, 4.69) is 5.32 Å². The van der Waals surface area contributed by atoms with E-state index in [9.17, 15) is 18.0 Å². The van der Waals surface area contributed by atoms with E-state index in [0.717, 1.165) is 16.1 Å². The van der Waals surface area contributed by atoms with Gasteiger partial charge in [0.15, 0.2) is 0 Å². The molecule has 0 saturated carbocycles. The third kappa shape index (κ3) is 8.86. The van der Waals surface area contributed by atoms with Gasteiger partial charge in [0.05, 0.1) is 18.6 Å². The van der Waals surface area contributed by atoms with Crippen molar-refractivity contribution in [3.8, 4) is 5.75 Å². The first-order chi connectivity index (χ1) is 19.4. The molecule has 0 radical (unpaired) electrons. The minimum atomic E-state index is -3.95. The molecule has 3 aromatic carbocycles. The SMILES string of the molecule is CCOc1ccccc1N(CC(=O)N(Cc1c(Cl)cccc1Cl)[C@@H](Cc1ccccc1)C(=O)NC(C)C)S(C)(=O)=O. The molecule has 2 amide bonds. The molecular weight excluding hydrogens is 585 g/mol. The number of amides is 2. The fourth-order valence-electron chi connectivity index (χ4n) is 4.32. The molecule has 0 bridgehead atoms. The second kappa shape index (κ2) is 14.6. The predicted octanol–water partition coefficient (Wildman–Crippen LogP) is 5.32. The minimum Gasteiger partial charge on any atom is -0.492 e. The molecule has 0 fully saturated rings. The van der Waals surface area contributed by atoms with Gasteiger partial charge < -0.3 is 15.0 Å². The van der Waals surface area contributed by atoms with E-state index in [0.29, 0.717) is 28.0 Å². The van der Waals surface area contributed by atoms with E-state index in [1.807, 2.05) is 44.2 Å². The molecule has 0 heterocycles. The zero-order valence-corrected chi connectivity index (χ0v) is 25.8. The number of hydrogen-bond acceptors (Lipinski definition) is 5. The molecule has 3 rings (SSSR count). The summed E-state index contributed by atoms with van der Waals surface area (Å²) in [6, 6.07) is 19.6. The van der Waals surface area contributed by atoms with Crippen LogP contribution in [0.2, 0.25) is 10.0 Å². The first-order valence-electron chi connectivity index (χ1n) is 13.2. The van der Waals surface area contributed by atoms with Gasteiger partial charge in [-0.3, -0.25) is 13.9 Å². The van der Waals surface area contributed by atoms with Gasteiger partial charge in [0, 0.05) is 34.6 Å². The van der Waals surface area contributed by atoms with Crippen molar-refractivity contribution in [3.63, 3.8) is 0 Å². The molecule has 41 heavy (non-hydrogen) atoms. The molecular formula is C30H35Cl2N3O5S. The Labute approximate surface area is 252 Å². The Morgan fingerprint density at radius 2 is 1.54 bits per heavy atom. The molecule has 8 nitrogen and oxygen atoms in total. The Morgan fingerprint density at radius 3 is 2.12 bits per heavy atom. The van der Waals surface area contributed by atoms with Gasteiger partial charge in [-0.25, -0.2) is 8.42 Å². The van der Waals surface area contributed by atoms with Crippen LogP contribution in [0.1, 0.15) is 31.9 Å². The fourth-order valence-corrected chi connectivity index (χ4v) is 5.69. The van der Waals surface area contributed by atoms with Gasteiger partial charge >= 0.3 is 0 Å². The van der Waals surface area contributed by atoms with Crippen LogP contribution in [0.4, 0.5) is 5.69 Å². The van der Waals surface area contributed by atoms with Gasteiger partial charge in [-0.05, 0) is 50.6 Å². The van der Waals surface area contributed by atoms with Crippen LogP contribution in [0.15, 0.2) is 72.8 Å². The fraction of sp³-hybridized carbons (Fsp3) is 0.333. The summed E-state index contributed by atoms with van der Waals surface area (Å²) in [5.74, 6) is -0.689. The van der Waals surface area contributed by atoms with Crippen LogP contribution in [0.3, 0.4) is 0 Å². The Balaban J connectivity index is 2.13. The highest BCUT2D eigenvalue weighted by Gasteiger charge is 2.34. The van der Waals surface area contributed by atoms with Crippen molar-refractivity contribution in [3.05, 3.63) is 94.0 Å². The summed E-state index contributed by atoms with van der Waals surface area (Å²) >= 11 is 13.0. The predicted molar refractivity (Wildman–Crippen MR) is 164 cm³/mol. The van der Waals surface area contributed by atoms with E-state index < -0.39 is 28.5 Å². The normalized spacial score (nSPS) is 12.1. The van der Waals surface area contributed by atoms with Crippen molar-refractivity contribution >= 4 is 50.7 Å².